The van der Waals surface area contributed by atoms with E-state index in [0.717, 1.165) is 6.42 Å². The molecule has 0 aromatic rings. The average molecular weight is 258 g/mol. The molecule has 0 spiro atoms. The molecular weight excluding hydrogens is 235 g/mol. The zero-order chi connectivity index (χ0) is 13.8. The van der Waals surface area contributed by atoms with Gasteiger partial charge < -0.3 is 10.2 Å². The van der Waals surface area contributed by atoms with Crippen molar-refractivity contribution in [2.45, 2.75) is 58.0 Å². The third-order valence-electron chi connectivity index (χ3n) is 3.61. The Morgan fingerprint density at radius 3 is 2.56 bits per heavy atom. The molecule has 5 heteroatoms. The van der Waals surface area contributed by atoms with Crippen LogP contribution in [0.1, 0.15) is 46.5 Å². The molecule has 0 bridgehead atoms. The molecule has 2 atom stereocenters. The second kappa shape index (κ2) is 6.16. The molecule has 0 aromatic carbocycles. The molecular formula is C13H23FN2O2. The SMILES string of the molecule is CCCC1C(=O)NC(C)(CC)C(=O)N1CCCF. The third kappa shape index (κ3) is 2.82. The van der Waals surface area contributed by atoms with Gasteiger partial charge in [0.2, 0.25) is 11.8 Å². The highest BCUT2D eigenvalue weighted by Gasteiger charge is 2.46. The summed E-state index contributed by atoms with van der Waals surface area (Å²) >= 11 is 0. The predicted octanol–water partition coefficient (Wildman–Crippen LogP) is 1.64. The lowest BCUT2D eigenvalue weighted by Crippen LogP contribution is -2.69. The van der Waals surface area contributed by atoms with Crippen molar-refractivity contribution >= 4 is 11.8 Å². The Balaban J connectivity index is 2.93. The molecule has 104 valence electrons. The summed E-state index contributed by atoms with van der Waals surface area (Å²) in [6.07, 6.45) is 2.28. The number of amides is 2. The maximum absolute atomic E-state index is 12.4. The van der Waals surface area contributed by atoms with Crippen molar-refractivity contribution in [3.63, 3.8) is 0 Å². The number of hydrogen-bond acceptors (Lipinski definition) is 2. The number of carbonyl (C=O) groups is 2. The number of carbonyl (C=O) groups excluding carboxylic acids is 2. The highest BCUT2D eigenvalue weighted by atomic mass is 19.1. The highest BCUT2D eigenvalue weighted by molar-refractivity contribution is 5.99. The summed E-state index contributed by atoms with van der Waals surface area (Å²) in [5.74, 6) is -0.198. The van der Waals surface area contributed by atoms with Crippen LogP contribution in [-0.2, 0) is 9.59 Å². The molecule has 2 unspecified atom stereocenters. The lowest BCUT2D eigenvalue weighted by molar-refractivity contribution is -0.154. The number of nitrogens with zero attached hydrogens (tertiary/aromatic N) is 1. The second-order valence-corrected chi connectivity index (χ2v) is 5.02. The van der Waals surface area contributed by atoms with Gasteiger partial charge in [-0.05, 0) is 26.2 Å². The van der Waals surface area contributed by atoms with Gasteiger partial charge in [0.1, 0.15) is 11.6 Å². The molecule has 1 aliphatic heterocycles. The Labute approximate surface area is 108 Å². The minimum atomic E-state index is -0.836. The molecule has 1 N–H and O–H groups in total. The summed E-state index contributed by atoms with van der Waals surface area (Å²) in [6.45, 7) is 5.43. The van der Waals surface area contributed by atoms with Crippen molar-refractivity contribution in [1.29, 1.82) is 0 Å². The molecule has 1 fully saturated rings. The first-order chi connectivity index (χ1) is 8.50. The van der Waals surface area contributed by atoms with Gasteiger partial charge in [-0.2, -0.15) is 0 Å². The maximum Gasteiger partial charge on any atom is 0.248 e. The van der Waals surface area contributed by atoms with Crippen molar-refractivity contribution < 1.29 is 14.0 Å². The largest absolute Gasteiger partial charge is 0.340 e. The van der Waals surface area contributed by atoms with Crippen LogP contribution in [-0.4, -0.2) is 41.5 Å². The number of hydrogen-bond donors (Lipinski definition) is 1. The zero-order valence-electron chi connectivity index (χ0n) is 11.5. The van der Waals surface area contributed by atoms with Gasteiger partial charge in [0.25, 0.3) is 0 Å². The average Bonchev–Trinajstić information content (AvgIpc) is 2.35. The Morgan fingerprint density at radius 1 is 1.39 bits per heavy atom. The minimum Gasteiger partial charge on any atom is -0.340 e. The smallest absolute Gasteiger partial charge is 0.248 e. The molecule has 1 rings (SSSR count). The maximum atomic E-state index is 12.4. The number of alkyl halides is 1. The van der Waals surface area contributed by atoms with Crippen LogP contribution in [0.25, 0.3) is 0 Å². The van der Waals surface area contributed by atoms with E-state index in [1.54, 1.807) is 11.8 Å². The quantitative estimate of drug-likeness (QED) is 0.787. The van der Waals surface area contributed by atoms with Gasteiger partial charge in [0, 0.05) is 6.54 Å². The topological polar surface area (TPSA) is 49.4 Å². The number of halogens is 1. The summed E-state index contributed by atoms with van der Waals surface area (Å²) in [4.78, 5) is 26.0. The van der Waals surface area contributed by atoms with Crippen LogP contribution in [0.3, 0.4) is 0 Å². The van der Waals surface area contributed by atoms with Gasteiger partial charge in [0.15, 0.2) is 0 Å². The summed E-state index contributed by atoms with van der Waals surface area (Å²) in [5, 5.41) is 2.81. The molecule has 0 aromatic heterocycles. The zero-order valence-corrected chi connectivity index (χ0v) is 11.5. The van der Waals surface area contributed by atoms with Crippen LogP contribution in [0.15, 0.2) is 0 Å². The van der Waals surface area contributed by atoms with Crippen LogP contribution in [0, 0.1) is 0 Å². The van der Waals surface area contributed by atoms with Gasteiger partial charge in [0.05, 0.1) is 6.67 Å². The summed E-state index contributed by atoms with van der Waals surface area (Å²) in [5.41, 5.74) is -0.836. The Bertz CT molecular complexity index is 322. The third-order valence-corrected chi connectivity index (χ3v) is 3.61. The van der Waals surface area contributed by atoms with E-state index >= 15 is 0 Å². The van der Waals surface area contributed by atoms with E-state index in [-0.39, 0.29) is 11.8 Å². The van der Waals surface area contributed by atoms with Crippen LogP contribution in [0.5, 0.6) is 0 Å². The molecule has 1 heterocycles. The molecule has 1 saturated heterocycles. The van der Waals surface area contributed by atoms with E-state index in [4.69, 9.17) is 0 Å². The summed E-state index contributed by atoms with van der Waals surface area (Å²) < 4.78 is 12.3. The molecule has 4 nitrogen and oxygen atoms in total. The monoisotopic (exact) mass is 258 g/mol. The predicted molar refractivity (Wildman–Crippen MR) is 67.8 cm³/mol. The van der Waals surface area contributed by atoms with Crippen molar-refractivity contribution in [3.8, 4) is 0 Å². The van der Waals surface area contributed by atoms with E-state index < -0.39 is 18.3 Å². The van der Waals surface area contributed by atoms with E-state index in [1.165, 1.54) is 0 Å². The lowest BCUT2D eigenvalue weighted by atomic mass is 9.90. The van der Waals surface area contributed by atoms with Gasteiger partial charge in [-0.1, -0.05) is 20.3 Å². The molecule has 0 aliphatic carbocycles. The Morgan fingerprint density at radius 2 is 2.06 bits per heavy atom. The van der Waals surface area contributed by atoms with Crippen molar-refractivity contribution in [2.24, 2.45) is 0 Å². The van der Waals surface area contributed by atoms with E-state index in [2.05, 4.69) is 5.32 Å². The fraction of sp³-hybridized carbons (Fsp3) is 0.846. The molecule has 0 saturated carbocycles. The first kappa shape index (κ1) is 14.9. The lowest BCUT2D eigenvalue weighted by Gasteiger charge is -2.44. The van der Waals surface area contributed by atoms with Crippen LogP contribution in [0.4, 0.5) is 4.39 Å². The van der Waals surface area contributed by atoms with E-state index in [9.17, 15) is 14.0 Å². The molecule has 2 amide bonds. The number of rotatable bonds is 6. The van der Waals surface area contributed by atoms with Gasteiger partial charge in [-0.3, -0.25) is 14.0 Å². The number of piperazine rings is 1. The summed E-state index contributed by atoms with van der Waals surface area (Å²) in [6, 6.07) is -0.436. The van der Waals surface area contributed by atoms with Crippen LogP contribution in [0.2, 0.25) is 0 Å². The first-order valence-corrected chi connectivity index (χ1v) is 6.69. The van der Waals surface area contributed by atoms with E-state index in [0.29, 0.717) is 25.8 Å². The second-order valence-electron chi connectivity index (χ2n) is 5.02. The van der Waals surface area contributed by atoms with Gasteiger partial charge >= 0.3 is 0 Å². The standard InChI is InChI=1S/C13H23FN2O2/c1-4-7-10-11(17)15-13(3,5-2)12(18)16(10)9-6-8-14/h10H,4-9H2,1-3H3,(H,15,17). The van der Waals surface area contributed by atoms with Crippen molar-refractivity contribution in [3.05, 3.63) is 0 Å². The molecule has 1 aliphatic rings. The Hall–Kier alpha value is -1.13. The van der Waals surface area contributed by atoms with Gasteiger partial charge in [-0.25, -0.2) is 0 Å². The fourth-order valence-electron chi connectivity index (χ4n) is 2.30. The van der Waals surface area contributed by atoms with Crippen LogP contribution < -0.4 is 5.32 Å². The van der Waals surface area contributed by atoms with Crippen molar-refractivity contribution in [2.75, 3.05) is 13.2 Å². The number of nitrogens with one attached hydrogen (secondary N) is 1. The minimum absolute atomic E-state index is 0.0866. The van der Waals surface area contributed by atoms with Crippen LogP contribution >= 0.6 is 0 Å². The Kier molecular flexibility index (Phi) is 5.11. The molecule has 18 heavy (non-hydrogen) atoms. The molecule has 0 radical (unpaired) electrons. The highest BCUT2D eigenvalue weighted by Crippen LogP contribution is 2.23. The van der Waals surface area contributed by atoms with Gasteiger partial charge in [-0.15, -0.1) is 0 Å². The first-order valence-electron chi connectivity index (χ1n) is 6.69. The summed E-state index contributed by atoms with van der Waals surface area (Å²) in [7, 11) is 0. The van der Waals surface area contributed by atoms with Crippen molar-refractivity contribution in [1.82, 2.24) is 10.2 Å². The normalized spacial score (nSPS) is 28.4. The van der Waals surface area contributed by atoms with E-state index in [1.807, 2.05) is 13.8 Å². The fourth-order valence-corrected chi connectivity index (χ4v) is 2.30.